The monoisotopic (exact) mass is 305 g/mol. The van der Waals surface area contributed by atoms with Gasteiger partial charge in [-0.15, -0.1) is 0 Å². The minimum Gasteiger partial charge on any atom is -0.316 e. The predicted octanol–water partition coefficient (Wildman–Crippen LogP) is 4.25. The zero-order valence-electron chi connectivity index (χ0n) is 13.3. The fourth-order valence-electron chi connectivity index (χ4n) is 2.82. The molecule has 1 atom stereocenters. The Labute approximate surface area is 132 Å². The number of nitrogens with zero attached hydrogens (tertiary/aromatic N) is 2. The molecular weight excluding hydrogens is 282 g/mol. The van der Waals surface area contributed by atoms with Gasteiger partial charge in [0.1, 0.15) is 0 Å². The van der Waals surface area contributed by atoms with Gasteiger partial charge in [0.05, 0.1) is 11.4 Å². The normalized spacial score (nSPS) is 12.6. The van der Waals surface area contributed by atoms with E-state index in [4.69, 9.17) is 16.7 Å². The van der Waals surface area contributed by atoms with Gasteiger partial charge in [-0.05, 0) is 50.9 Å². The Morgan fingerprint density at radius 1 is 1.33 bits per heavy atom. The van der Waals surface area contributed by atoms with E-state index in [1.54, 1.807) is 0 Å². The number of rotatable bonds is 6. The third-order valence-corrected chi connectivity index (χ3v) is 4.01. The highest BCUT2D eigenvalue weighted by Crippen LogP contribution is 2.26. The van der Waals surface area contributed by atoms with E-state index in [9.17, 15) is 0 Å². The molecule has 0 saturated carbocycles. The molecule has 0 radical (unpaired) electrons. The van der Waals surface area contributed by atoms with Crippen LogP contribution in [-0.2, 0) is 0 Å². The molecule has 1 unspecified atom stereocenters. The maximum atomic E-state index is 6.09. The Bertz CT molecular complexity index is 604. The van der Waals surface area contributed by atoms with E-state index in [-0.39, 0.29) is 0 Å². The van der Waals surface area contributed by atoms with Crippen molar-refractivity contribution in [2.45, 2.75) is 40.0 Å². The Balaban J connectivity index is 2.29. The highest BCUT2D eigenvalue weighted by molar-refractivity contribution is 6.30. The van der Waals surface area contributed by atoms with Crippen LogP contribution in [0.1, 0.15) is 43.1 Å². The van der Waals surface area contributed by atoms with Crippen molar-refractivity contribution in [3.05, 3.63) is 46.2 Å². The number of aryl methyl sites for hydroxylation is 1. The maximum Gasteiger partial charge on any atom is 0.0663 e. The van der Waals surface area contributed by atoms with E-state index in [1.807, 2.05) is 28.9 Å². The summed E-state index contributed by atoms with van der Waals surface area (Å²) < 4.78 is 1.99. The van der Waals surface area contributed by atoms with Gasteiger partial charge in [-0.1, -0.05) is 31.5 Å². The third kappa shape index (κ3) is 3.66. The van der Waals surface area contributed by atoms with Crippen LogP contribution in [0, 0.1) is 13.8 Å². The Kier molecular flexibility index (Phi) is 5.43. The highest BCUT2D eigenvalue weighted by Gasteiger charge is 2.18. The number of aromatic nitrogens is 2. The summed E-state index contributed by atoms with van der Waals surface area (Å²) in [5, 5.41) is 8.92. The van der Waals surface area contributed by atoms with Crippen molar-refractivity contribution in [2.75, 3.05) is 13.1 Å². The molecule has 4 heteroatoms. The van der Waals surface area contributed by atoms with Crippen molar-refractivity contribution in [2.24, 2.45) is 0 Å². The summed E-state index contributed by atoms with van der Waals surface area (Å²) in [7, 11) is 0. The molecule has 0 bridgehead atoms. The number of hydrogen-bond donors (Lipinski definition) is 1. The van der Waals surface area contributed by atoms with Gasteiger partial charge in [-0.2, -0.15) is 5.10 Å². The quantitative estimate of drug-likeness (QED) is 0.809. The zero-order valence-corrected chi connectivity index (χ0v) is 14.0. The second kappa shape index (κ2) is 7.10. The average Bonchev–Trinajstić information content (AvgIpc) is 2.74. The molecule has 1 heterocycles. The standard InChI is InChI=1S/C17H24ClN3/c1-5-9-19-11-12(2)17-13(3)20-21(14(17)4)16-8-6-7-15(18)10-16/h6-8,10,12,19H,5,9,11H2,1-4H3. The highest BCUT2D eigenvalue weighted by atomic mass is 35.5. The first-order valence-corrected chi connectivity index (χ1v) is 7.95. The van der Waals surface area contributed by atoms with Gasteiger partial charge in [0.25, 0.3) is 0 Å². The van der Waals surface area contributed by atoms with E-state index in [0.29, 0.717) is 5.92 Å². The molecule has 0 amide bonds. The maximum absolute atomic E-state index is 6.09. The van der Waals surface area contributed by atoms with E-state index >= 15 is 0 Å². The second-order valence-corrected chi connectivity index (χ2v) is 6.02. The summed E-state index contributed by atoms with van der Waals surface area (Å²) in [6, 6.07) is 7.83. The summed E-state index contributed by atoms with van der Waals surface area (Å²) in [5.74, 6) is 0.449. The van der Waals surface area contributed by atoms with Gasteiger partial charge in [-0.25, -0.2) is 4.68 Å². The topological polar surface area (TPSA) is 29.9 Å². The van der Waals surface area contributed by atoms with E-state index < -0.39 is 0 Å². The molecule has 0 aliphatic rings. The van der Waals surface area contributed by atoms with E-state index in [1.165, 1.54) is 11.3 Å². The first-order chi connectivity index (χ1) is 10.0. The molecular formula is C17H24ClN3. The molecule has 0 aliphatic heterocycles. The Morgan fingerprint density at radius 3 is 2.76 bits per heavy atom. The summed E-state index contributed by atoms with van der Waals surface area (Å²) in [4.78, 5) is 0. The van der Waals surface area contributed by atoms with Crippen molar-refractivity contribution in [3.8, 4) is 5.69 Å². The fraction of sp³-hybridized carbons (Fsp3) is 0.471. The molecule has 2 aromatic rings. The lowest BCUT2D eigenvalue weighted by Crippen LogP contribution is -2.21. The molecule has 1 aromatic heterocycles. The number of hydrogen-bond acceptors (Lipinski definition) is 2. The van der Waals surface area contributed by atoms with Gasteiger partial charge in [-0.3, -0.25) is 0 Å². The van der Waals surface area contributed by atoms with Gasteiger partial charge < -0.3 is 5.32 Å². The number of halogens is 1. The molecule has 0 fully saturated rings. The zero-order chi connectivity index (χ0) is 15.4. The summed E-state index contributed by atoms with van der Waals surface area (Å²) >= 11 is 6.09. The van der Waals surface area contributed by atoms with Crippen LogP contribution in [0.2, 0.25) is 5.02 Å². The van der Waals surface area contributed by atoms with Crippen LogP contribution >= 0.6 is 11.6 Å². The molecule has 0 saturated heterocycles. The Morgan fingerprint density at radius 2 is 2.10 bits per heavy atom. The van der Waals surface area contributed by atoms with Crippen LogP contribution in [0.5, 0.6) is 0 Å². The Hall–Kier alpha value is -1.32. The van der Waals surface area contributed by atoms with Crippen LogP contribution in [0.3, 0.4) is 0 Å². The van der Waals surface area contributed by atoms with Crippen molar-refractivity contribution >= 4 is 11.6 Å². The van der Waals surface area contributed by atoms with Crippen LogP contribution in [-0.4, -0.2) is 22.9 Å². The van der Waals surface area contributed by atoms with Crippen LogP contribution in [0.25, 0.3) is 5.69 Å². The van der Waals surface area contributed by atoms with Crippen LogP contribution in [0.4, 0.5) is 0 Å². The average molecular weight is 306 g/mol. The SMILES string of the molecule is CCCNCC(C)c1c(C)nn(-c2cccc(Cl)c2)c1C. The fourth-order valence-corrected chi connectivity index (χ4v) is 3.01. The molecule has 2 rings (SSSR count). The predicted molar refractivity (Wildman–Crippen MR) is 89.6 cm³/mol. The minimum absolute atomic E-state index is 0.449. The van der Waals surface area contributed by atoms with Crippen molar-refractivity contribution in [3.63, 3.8) is 0 Å². The smallest absolute Gasteiger partial charge is 0.0663 e. The number of benzene rings is 1. The first kappa shape index (κ1) is 16.1. The summed E-state index contributed by atoms with van der Waals surface area (Å²) in [5.41, 5.74) is 4.64. The van der Waals surface area contributed by atoms with Gasteiger partial charge >= 0.3 is 0 Å². The van der Waals surface area contributed by atoms with Crippen molar-refractivity contribution < 1.29 is 0 Å². The van der Waals surface area contributed by atoms with E-state index in [0.717, 1.165) is 35.9 Å². The largest absolute Gasteiger partial charge is 0.316 e. The second-order valence-electron chi connectivity index (χ2n) is 5.58. The van der Waals surface area contributed by atoms with Gasteiger partial charge in [0, 0.05) is 22.8 Å². The molecule has 21 heavy (non-hydrogen) atoms. The molecule has 0 aliphatic carbocycles. The molecule has 1 aromatic carbocycles. The lowest BCUT2D eigenvalue weighted by Gasteiger charge is -2.13. The minimum atomic E-state index is 0.449. The van der Waals surface area contributed by atoms with Crippen LogP contribution < -0.4 is 5.32 Å². The molecule has 1 N–H and O–H groups in total. The molecule has 0 spiro atoms. The first-order valence-electron chi connectivity index (χ1n) is 7.57. The van der Waals surface area contributed by atoms with Crippen molar-refractivity contribution in [1.82, 2.24) is 15.1 Å². The van der Waals surface area contributed by atoms with Gasteiger partial charge in [0.15, 0.2) is 0 Å². The molecule has 114 valence electrons. The molecule has 3 nitrogen and oxygen atoms in total. The lowest BCUT2D eigenvalue weighted by atomic mass is 9.99. The van der Waals surface area contributed by atoms with Gasteiger partial charge in [0.2, 0.25) is 0 Å². The summed E-state index contributed by atoms with van der Waals surface area (Å²) in [6.07, 6.45) is 1.16. The number of nitrogens with one attached hydrogen (secondary N) is 1. The van der Waals surface area contributed by atoms with Crippen molar-refractivity contribution in [1.29, 1.82) is 0 Å². The van der Waals surface area contributed by atoms with E-state index in [2.05, 4.69) is 33.0 Å². The van der Waals surface area contributed by atoms with Crippen LogP contribution in [0.15, 0.2) is 24.3 Å². The third-order valence-electron chi connectivity index (χ3n) is 3.77. The lowest BCUT2D eigenvalue weighted by molar-refractivity contribution is 0.605. The summed E-state index contributed by atoms with van der Waals surface area (Å²) in [6.45, 7) is 10.7.